The lowest BCUT2D eigenvalue weighted by molar-refractivity contribution is 0.00362. The van der Waals surface area contributed by atoms with E-state index in [1.807, 2.05) is 19.1 Å². The molecule has 1 saturated heterocycles. The van der Waals surface area contributed by atoms with Gasteiger partial charge >= 0.3 is 5.97 Å². The molecule has 1 atom stereocenters. The highest BCUT2D eigenvalue weighted by molar-refractivity contribution is 5.90. The lowest BCUT2D eigenvalue weighted by Gasteiger charge is -2.32. The molecule has 5 nitrogen and oxygen atoms in total. The number of carbonyl (C=O) groups is 1. The van der Waals surface area contributed by atoms with E-state index in [4.69, 9.17) is 14.6 Å². The van der Waals surface area contributed by atoms with Crippen molar-refractivity contribution in [3.63, 3.8) is 0 Å². The lowest BCUT2D eigenvalue weighted by atomic mass is 10.1. The van der Waals surface area contributed by atoms with Crippen molar-refractivity contribution in [3.8, 4) is 5.75 Å². The molecule has 2 rings (SSSR count). The Morgan fingerprint density at radius 2 is 2.29 bits per heavy atom. The van der Waals surface area contributed by atoms with Crippen LogP contribution in [-0.4, -0.2) is 48.9 Å². The van der Waals surface area contributed by atoms with Crippen LogP contribution < -0.4 is 4.74 Å². The summed E-state index contributed by atoms with van der Waals surface area (Å²) in [6.45, 7) is 5.54. The average Bonchev–Trinajstić information content (AvgIpc) is 2.47. The molecule has 0 saturated carbocycles. The molecule has 1 heterocycles. The second kappa shape index (κ2) is 7.43. The molecule has 1 aliphatic rings. The molecule has 1 aromatic rings. The predicted molar refractivity (Wildman–Crippen MR) is 79.9 cm³/mol. The van der Waals surface area contributed by atoms with Crippen molar-refractivity contribution >= 4 is 5.97 Å². The van der Waals surface area contributed by atoms with Crippen molar-refractivity contribution in [2.24, 2.45) is 0 Å². The molecule has 21 heavy (non-hydrogen) atoms. The van der Waals surface area contributed by atoms with Gasteiger partial charge in [-0.05, 0) is 44.0 Å². The Labute approximate surface area is 125 Å². The molecule has 1 fully saturated rings. The summed E-state index contributed by atoms with van der Waals surface area (Å²) in [6.07, 6.45) is 2.56. The van der Waals surface area contributed by atoms with E-state index in [0.29, 0.717) is 11.9 Å². The lowest BCUT2D eigenvalue weighted by Crippen LogP contribution is -2.39. The minimum Gasteiger partial charge on any atom is -0.496 e. The standard InChI is InChI=1S/C16H23NO4/c1-3-21-13-5-4-8-17(11-13)10-12-6-7-14(16(18)19)15(9-12)20-2/h6-7,9,13H,3-5,8,10-11H2,1-2H3,(H,18,19). The molecule has 0 bridgehead atoms. The molecule has 1 unspecified atom stereocenters. The van der Waals surface area contributed by atoms with Crippen LogP contribution in [0.4, 0.5) is 0 Å². The fourth-order valence-corrected chi connectivity index (χ4v) is 2.80. The molecule has 5 heteroatoms. The maximum atomic E-state index is 11.1. The second-order valence-corrected chi connectivity index (χ2v) is 5.29. The van der Waals surface area contributed by atoms with Crippen LogP contribution in [0.1, 0.15) is 35.7 Å². The molecular weight excluding hydrogens is 270 g/mol. The zero-order valence-corrected chi connectivity index (χ0v) is 12.7. The Morgan fingerprint density at radius 3 is 2.95 bits per heavy atom. The number of rotatable bonds is 6. The summed E-state index contributed by atoms with van der Waals surface area (Å²) in [5.74, 6) is -0.550. The fraction of sp³-hybridized carbons (Fsp3) is 0.562. The SMILES string of the molecule is CCOC1CCCN(Cc2ccc(C(=O)O)c(OC)c2)C1. The van der Waals surface area contributed by atoms with Crippen molar-refractivity contribution in [2.75, 3.05) is 26.8 Å². The summed E-state index contributed by atoms with van der Waals surface area (Å²) in [7, 11) is 1.50. The zero-order valence-electron chi connectivity index (χ0n) is 12.7. The molecule has 1 N–H and O–H groups in total. The van der Waals surface area contributed by atoms with E-state index in [1.165, 1.54) is 7.11 Å². The van der Waals surface area contributed by atoms with Crippen LogP contribution in [0.15, 0.2) is 18.2 Å². The van der Waals surface area contributed by atoms with E-state index in [9.17, 15) is 4.79 Å². The van der Waals surface area contributed by atoms with Crippen molar-refractivity contribution in [3.05, 3.63) is 29.3 Å². The third-order valence-corrected chi connectivity index (χ3v) is 3.77. The number of hydrogen-bond acceptors (Lipinski definition) is 4. The second-order valence-electron chi connectivity index (χ2n) is 5.29. The maximum absolute atomic E-state index is 11.1. The first-order chi connectivity index (χ1) is 10.1. The number of benzene rings is 1. The summed E-state index contributed by atoms with van der Waals surface area (Å²) in [6, 6.07) is 5.28. The first-order valence-corrected chi connectivity index (χ1v) is 7.38. The number of methoxy groups -OCH3 is 1. The summed E-state index contributed by atoms with van der Waals surface area (Å²) in [5.41, 5.74) is 1.26. The molecule has 0 radical (unpaired) electrons. The van der Waals surface area contributed by atoms with Crippen LogP contribution in [-0.2, 0) is 11.3 Å². The quantitative estimate of drug-likeness (QED) is 0.872. The molecular formula is C16H23NO4. The van der Waals surface area contributed by atoms with Gasteiger partial charge in [0.05, 0.1) is 13.2 Å². The summed E-state index contributed by atoms with van der Waals surface area (Å²) in [4.78, 5) is 13.4. The van der Waals surface area contributed by atoms with Crippen molar-refractivity contribution in [1.29, 1.82) is 0 Å². The number of aromatic carboxylic acids is 1. The summed E-state index contributed by atoms with van der Waals surface area (Å²) >= 11 is 0. The number of nitrogens with zero attached hydrogens (tertiary/aromatic N) is 1. The van der Waals surface area contributed by atoms with E-state index >= 15 is 0 Å². The highest BCUT2D eigenvalue weighted by atomic mass is 16.5. The van der Waals surface area contributed by atoms with Crippen LogP contribution >= 0.6 is 0 Å². The molecule has 116 valence electrons. The largest absolute Gasteiger partial charge is 0.496 e. The number of hydrogen-bond donors (Lipinski definition) is 1. The van der Waals surface area contributed by atoms with Crippen LogP contribution in [0, 0.1) is 0 Å². The molecule has 1 aromatic carbocycles. The third kappa shape index (κ3) is 4.19. The van der Waals surface area contributed by atoms with Crippen molar-refractivity contribution in [1.82, 2.24) is 4.90 Å². The Kier molecular flexibility index (Phi) is 5.59. The van der Waals surface area contributed by atoms with Crippen molar-refractivity contribution < 1.29 is 19.4 Å². The average molecular weight is 293 g/mol. The van der Waals surface area contributed by atoms with E-state index in [1.54, 1.807) is 6.07 Å². The van der Waals surface area contributed by atoms with E-state index in [2.05, 4.69) is 4.90 Å². The molecule has 0 amide bonds. The minimum absolute atomic E-state index is 0.201. The van der Waals surface area contributed by atoms with E-state index < -0.39 is 5.97 Å². The van der Waals surface area contributed by atoms with Crippen molar-refractivity contribution in [2.45, 2.75) is 32.4 Å². The van der Waals surface area contributed by atoms with Crippen LogP contribution in [0.25, 0.3) is 0 Å². The Bertz CT molecular complexity index is 487. The Balaban J connectivity index is 2.04. The van der Waals surface area contributed by atoms with Crippen LogP contribution in [0.3, 0.4) is 0 Å². The molecule has 0 spiro atoms. The van der Waals surface area contributed by atoms with Gasteiger partial charge in [-0.3, -0.25) is 4.90 Å². The fourth-order valence-electron chi connectivity index (χ4n) is 2.80. The minimum atomic E-state index is -0.965. The Hall–Kier alpha value is -1.59. The summed E-state index contributed by atoms with van der Waals surface area (Å²) in [5, 5.41) is 9.10. The highest BCUT2D eigenvalue weighted by Gasteiger charge is 2.20. The highest BCUT2D eigenvalue weighted by Crippen LogP contribution is 2.22. The van der Waals surface area contributed by atoms with Gasteiger partial charge < -0.3 is 14.6 Å². The van der Waals surface area contributed by atoms with Gasteiger partial charge in [0.15, 0.2) is 0 Å². The number of piperidine rings is 1. The zero-order chi connectivity index (χ0) is 15.2. The van der Waals surface area contributed by atoms with Gasteiger partial charge in [0.25, 0.3) is 0 Å². The number of ether oxygens (including phenoxy) is 2. The van der Waals surface area contributed by atoms with Crippen LogP contribution in [0.2, 0.25) is 0 Å². The summed E-state index contributed by atoms with van der Waals surface area (Å²) < 4.78 is 10.9. The van der Waals surface area contributed by atoms with Gasteiger partial charge in [0.2, 0.25) is 0 Å². The number of likely N-dealkylation sites (tertiary alicyclic amines) is 1. The normalized spacial score (nSPS) is 19.4. The van der Waals surface area contributed by atoms with E-state index in [-0.39, 0.29) is 5.56 Å². The van der Waals surface area contributed by atoms with Gasteiger partial charge in [-0.15, -0.1) is 0 Å². The van der Waals surface area contributed by atoms with Gasteiger partial charge in [-0.1, -0.05) is 6.07 Å². The van der Waals surface area contributed by atoms with Gasteiger partial charge in [0, 0.05) is 19.7 Å². The smallest absolute Gasteiger partial charge is 0.339 e. The van der Waals surface area contributed by atoms with Gasteiger partial charge in [0.1, 0.15) is 11.3 Å². The number of carboxylic acids is 1. The monoisotopic (exact) mass is 293 g/mol. The van der Waals surface area contributed by atoms with E-state index in [0.717, 1.165) is 44.6 Å². The molecule has 1 aliphatic heterocycles. The number of carboxylic acid groups (broad SMARTS) is 1. The molecule has 0 aromatic heterocycles. The van der Waals surface area contributed by atoms with Gasteiger partial charge in [-0.25, -0.2) is 4.79 Å². The van der Waals surface area contributed by atoms with Gasteiger partial charge in [-0.2, -0.15) is 0 Å². The third-order valence-electron chi connectivity index (χ3n) is 3.77. The van der Waals surface area contributed by atoms with Crippen LogP contribution in [0.5, 0.6) is 5.75 Å². The Morgan fingerprint density at radius 1 is 1.48 bits per heavy atom. The first-order valence-electron chi connectivity index (χ1n) is 7.38. The maximum Gasteiger partial charge on any atom is 0.339 e. The topological polar surface area (TPSA) is 59.0 Å². The molecule has 0 aliphatic carbocycles. The first kappa shape index (κ1) is 15.8. The predicted octanol–water partition coefficient (Wildman–Crippen LogP) is 2.39.